The molecule has 0 unspecified atom stereocenters. The summed E-state index contributed by atoms with van der Waals surface area (Å²) in [5.41, 5.74) is 2.88. The summed E-state index contributed by atoms with van der Waals surface area (Å²) < 4.78 is 10.7. The molecule has 4 rings (SSSR count). The van der Waals surface area contributed by atoms with Crippen LogP contribution in [0.25, 0.3) is 10.9 Å². The normalized spacial score (nSPS) is 12.6. The fourth-order valence-corrected chi connectivity index (χ4v) is 2.86. The summed E-state index contributed by atoms with van der Waals surface area (Å²) in [4.78, 5) is 13.1. The van der Waals surface area contributed by atoms with E-state index >= 15 is 0 Å². The lowest BCUT2D eigenvalue weighted by Crippen LogP contribution is -1.99. The Labute approximate surface area is 139 Å². The van der Waals surface area contributed by atoms with E-state index in [1.807, 2.05) is 12.1 Å². The van der Waals surface area contributed by atoms with Gasteiger partial charge in [0, 0.05) is 18.0 Å². The highest BCUT2D eigenvalue weighted by Gasteiger charge is 2.14. The number of rotatable bonds is 4. The minimum absolute atomic E-state index is 0.638. The molecule has 122 valence electrons. The third kappa shape index (κ3) is 2.44. The molecule has 0 bridgehead atoms. The average Bonchev–Trinajstić information content (AvgIpc) is 3.08. The second-order valence-electron chi connectivity index (χ2n) is 5.48. The van der Waals surface area contributed by atoms with Crippen LogP contribution >= 0.6 is 0 Å². The van der Waals surface area contributed by atoms with Crippen molar-refractivity contribution < 1.29 is 9.47 Å². The lowest BCUT2D eigenvalue weighted by Gasteiger charge is -2.12. The molecule has 0 aliphatic carbocycles. The first-order chi connectivity index (χ1) is 11.8. The molecule has 0 fully saturated rings. The van der Waals surface area contributed by atoms with Crippen molar-refractivity contribution in [2.24, 2.45) is 0 Å². The Bertz CT molecular complexity index is 913. The molecule has 3 aromatic rings. The number of nitrogens with zero attached hydrogens (tertiary/aromatic N) is 3. The van der Waals surface area contributed by atoms with Gasteiger partial charge in [-0.3, -0.25) is 0 Å². The number of benzene rings is 1. The van der Waals surface area contributed by atoms with Gasteiger partial charge < -0.3 is 20.1 Å². The van der Waals surface area contributed by atoms with Crippen molar-refractivity contribution in [3.05, 3.63) is 36.3 Å². The predicted octanol–water partition coefficient (Wildman–Crippen LogP) is 2.75. The van der Waals surface area contributed by atoms with Gasteiger partial charge in [0.05, 0.1) is 31.6 Å². The molecule has 0 spiro atoms. The molecule has 1 aliphatic heterocycles. The summed E-state index contributed by atoms with van der Waals surface area (Å²) in [6, 6.07) is 5.81. The van der Waals surface area contributed by atoms with Crippen molar-refractivity contribution in [1.29, 1.82) is 0 Å². The fourth-order valence-electron chi connectivity index (χ4n) is 2.86. The topological polar surface area (TPSA) is 81.2 Å². The molecule has 0 saturated heterocycles. The summed E-state index contributed by atoms with van der Waals surface area (Å²) in [5.74, 6) is 2.94. The van der Waals surface area contributed by atoms with Crippen LogP contribution in [-0.2, 0) is 6.42 Å². The van der Waals surface area contributed by atoms with Crippen molar-refractivity contribution >= 4 is 28.2 Å². The molecule has 2 aromatic heterocycles. The van der Waals surface area contributed by atoms with Crippen LogP contribution in [0.15, 0.2) is 30.7 Å². The minimum Gasteiger partial charge on any atom is -0.493 e. The van der Waals surface area contributed by atoms with E-state index in [1.54, 1.807) is 20.4 Å². The number of nitrogens with one attached hydrogen (secondary N) is 2. The number of hydrogen-bond acceptors (Lipinski definition) is 7. The van der Waals surface area contributed by atoms with E-state index in [0.29, 0.717) is 17.3 Å². The Kier molecular flexibility index (Phi) is 3.53. The van der Waals surface area contributed by atoms with E-state index in [4.69, 9.17) is 9.47 Å². The largest absolute Gasteiger partial charge is 0.493 e. The van der Waals surface area contributed by atoms with Crippen molar-refractivity contribution in [3.63, 3.8) is 0 Å². The van der Waals surface area contributed by atoms with Gasteiger partial charge in [0.25, 0.3) is 0 Å². The Morgan fingerprint density at radius 3 is 2.71 bits per heavy atom. The molecule has 0 saturated carbocycles. The predicted molar refractivity (Wildman–Crippen MR) is 92.4 cm³/mol. The summed E-state index contributed by atoms with van der Waals surface area (Å²) in [7, 11) is 3.21. The standard InChI is InChI=1S/C17H17N5O2/c1-23-14-6-12-13(7-15(14)24-2)20-9-21-17(12)22-11-5-10-3-4-18-16(10)19-8-11/h5-9H,3-4H2,1-2H3,(H,18,19)(H,20,21,22). The van der Waals surface area contributed by atoms with Crippen molar-refractivity contribution in [2.75, 3.05) is 31.4 Å². The Morgan fingerprint density at radius 1 is 1.04 bits per heavy atom. The van der Waals surface area contributed by atoms with Gasteiger partial charge in [-0.1, -0.05) is 0 Å². The van der Waals surface area contributed by atoms with Crippen LogP contribution in [0.5, 0.6) is 11.5 Å². The molecular weight excluding hydrogens is 306 g/mol. The van der Waals surface area contributed by atoms with Gasteiger partial charge in [-0.05, 0) is 24.1 Å². The van der Waals surface area contributed by atoms with E-state index in [1.165, 1.54) is 11.9 Å². The van der Waals surface area contributed by atoms with Crippen LogP contribution in [0.4, 0.5) is 17.3 Å². The Hall–Kier alpha value is -3.09. The molecular formula is C17H17N5O2. The van der Waals surface area contributed by atoms with Crippen LogP contribution in [0.3, 0.4) is 0 Å². The molecule has 0 radical (unpaired) electrons. The number of fused-ring (bicyclic) bond motifs is 2. The number of ether oxygens (including phenoxy) is 2. The summed E-state index contributed by atoms with van der Waals surface area (Å²) in [6.07, 6.45) is 4.30. The maximum absolute atomic E-state index is 5.38. The maximum atomic E-state index is 5.38. The first kappa shape index (κ1) is 14.5. The number of anilines is 3. The minimum atomic E-state index is 0.638. The Balaban J connectivity index is 1.76. The van der Waals surface area contributed by atoms with Crippen molar-refractivity contribution in [2.45, 2.75) is 6.42 Å². The molecule has 1 aliphatic rings. The van der Waals surface area contributed by atoms with E-state index in [2.05, 4.69) is 31.7 Å². The van der Waals surface area contributed by atoms with Gasteiger partial charge in [0.15, 0.2) is 11.5 Å². The van der Waals surface area contributed by atoms with Gasteiger partial charge in [0.2, 0.25) is 0 Å². The van der Waals surface area contributed by atoms with Crippen LogP contribution in [0, 0.1) is 0 Å². The molecule has 24 heavy (non-hydrogen) atoms. The van der Waals surface area contributed by atoms with E-state index in [-0.39, 0.29) is 0 Å². The van der Waals surface area contributed by atoms with Gasteiger partial charge in [0.1, 0.15) is 18.0 Å². The highest BCUT2D eigenvalue weighted by molar-refractivity contribution is 5.93. The highest BCUT2D eigenvalue weighted by Crippen LogP contribution is 2.34. The second-order valence-corrected chi connectivity index (χ2v) is 5.48. The van der Waals surface area contributed by atoms with Crippen molar-refractivity contribution in [1.82, 2.24) is 15.0 Å². The SMILES string of the molecule is COc1cc2ncnc(Nc3cnc4c(c3)CCN4)c2cc1OC. The van der Waals surface area contributed by atoms with E-state index in [0.717, 1.165) is 35.4 Å². The molecule has 0 amide bonds. The number of aromatic nitrogens is 3. The van der Waals surface area contributed by atoms with Crippen LogP contribution in [0.2, 0.25) is 0 Å². The molecule has 0 atom stereocenters. The quantitative estimate of drug-likeness (QED) is 0.764. The lowest BCUT2D eigenvalue weighted by atomic mass is 10.2. The molecule has 3 heterocycles. The maximum Gasteiger partial charge on any atom is 0.162 e. The first-order valence-electron chi connectivity index (χ1n) is 7.65. The fraction of sp³-hybridized carbons (Fsp3) is 0.235. The summed E-state index contributed by atoms with van der Waals surface area (Å²) >= 11 is 0. The third-order valence-corrected chi connectivity index (χ3v) is 4.06. The van der Waals surface area contributed by atoms with E-state index in [9.17, 15) is 0 Å². The smallest absolute Gasteiger partial charge is 0.162 e. The molecule has 1 aromatic carbocycles. The van der Waals surface area contributed by atoms with Gasteiger partial charge in [-0.15, -0.1) is 0 Å². The number of hydrogen-bond donors (Lipinski definition) is 2. The zero-order chi connectivity index (χ0) is 16.5. The average molecular weight is 323 g/mol. The molecule has 2 N–H and O–H groups in total. The number of pyridine rings is 1. The van der Waals surface area contributed by atoms with Gasteiger partial charge >= 0.3 is 0 Å². The first-order valence-corrected chi connectivity index (χ1v) is 7.65. The van der Waals surface area contributed by atoms with Crippen LogP contribution in [-0.4, -0.2) is 35.7 Å². The van der Waals surface area contributed by atoms with Gasteiger partial charge in [-0.2, -0.15) is 0 Å². The Morgan fingerprint density at radius 2 is 1.88 bits per heavy atom. The summed E-state index contributed by atoms with van der Waals surface area (Å²) in [6.45, 7) is 0.930. The highest BCUT2D eigenvalue weighted by atomic mass is 16.5. The van der Waals surface area contributed by atoms with Crippen LogP contribution in [0.1, 0.15) is 5.56 Å². The third-order valence-electron chi connectivity index (χ3n) is 4.06. The zero-order valence-corrected chi connectivity index (χ0v) is 13.5. The molecule has 7 nitrogen and oxygen atoms in total. The second kappa shape index (κ2) is 5.84. The zero-order valence-electron chi connectivity index (χ0n) is 13.5. The van der Waals surface area contributed by atoms with E-state index < -0.39 is 0 Å². The monoisotopic (exact) mass is 323 g/mol. The van der Waals surface area contributed by atoms with Gasteiger partial charge in [-0.25, -0.2) is 15.0 Å². The lowest BCUT2D eigenvalue weighted by molar-refractivity contribution is 0.356. The van der Waals surface area contributed by atoms with Crippen molar-refractivity contribution in [3.8, 4) is 11.5 Å². The number of methoxy groups -OCH3 is 2. The summed E-state index contributed by atoms with van der Waals surface area (Å²) in [5, 5.41) is 7.44. The van der Waals surface area contributed by atoms with Crippen LogP contribution < -0.4 is 20.1 Å². The molecule has 7 heteroatoms.